The Morgan fingerprint density at radius 2 is 1.89 bits per heavy atom. The molecule has 1 aromatic carbocycles. The van der Waals surface area contributed by atoms with E-state index in [0.717, 1.165) is 17.8 Å². The van der Waals surface area contributed by atoms with E-state index in [9.17, 15) is 13.2 Å². The average Bonchev–Trinajstić information content (AvgIpc) is 3.09. The minimum absolute atomic E-state index is 0.0847. The molecule has 0 bridgehead atoms. The molecule has 1 aromatic heterocycles. The maximum atomic E-state index is 12.9. The van der Waals surface area contributed by atoms with Gasteiger partial charge in [-0.15, -0.1) is 10.2 Å². The van der Waals surface area contributed by atoms with Crippen molar-refractivity contribution in [3.8, 4) is 0 Å². The normalized spacial score (nSPS) is 16.2. The van der Waals surface area contributed by atoms with E-state index in [4.69, 9.17) is 23.2 Å². The van der Waals surface area contributed by atoms with Gasteiger partial charge in [0, 0.05) is 25.4 Å². The number of anilines is 1. The van der Waals surface area contributed by atoms with E-state index in [1.54, 1.807) is 6.07 Å². The third-order valence-electron chi connectivity index (χ3n) is 4.50. The number of nitrogens with zero attached hydrogens (tertiary/aromatic N) is 3. The second-order valence-corrected chi connectivity index (χ2v) is 10.2. The summed E-state index contributed by atoms with van der Waals surface area (Å²) in [5, 5.41) is 12.4. The zero-order valence-electron chi connectivity index (χ0n) is 15.2. The van der Waals surface area contributed by atoms with E-state index in [1.807, 2.05) is 0 Å². The van der Waals surface area contributed by atoms with Gasteiger partial charge >= 0.3 is 0 Å². The smallest absolute Gasteiger partial charge is 0.246 e. The lowest BCUT2D eigenvalue weighted by Crippen LogP contribution is -2.41. The molecule has 1 fully saturated rings. The van der Waals surface area contributed by atoms with Gasteiger partial charge in [0.1, 0.15) is 9.90 Å². The maximum absolute atomic E-state index is 12.9. The van der Waals surface area contributed by atoms with E-state index in [0.29, 0.717) is 18.0 Å². The first kappa shape index (κ1) is 21.4. The number of rotatable bonds is 6. The van der Waals surface area contributed by atoms with Crippen molar-refractivity contribution in [2.24, 2.45) is 5.92 Å². The fourth-order valence-corrected chi connectivity index (χ4v) is 6.45. The molecule has 1 aliphatic rings. The highest BCUT2D eigenvalue weighted by atomic mass is 35.5. The molecule has 0 spiro atoms. The number of nitrogens with one attached hydrogen (secondary N) is 1. The standard InChI is InChI=1S/C17H20Cl2N4O3S2/c1-2-4-14-21-22-17(27-14)20-16(24)11-7-9-23(10-8-11)28(25,26)15-12(18)5-3-6-13(15)19/h3,5-6,11H,2,4,7-10H2,1H3,(H,20,22,24). The Morgan fingerprint density at radius 1 is 1.25 bits per heavy atom. The number of aryl methyl sites for hydroxylation is 1. The second-order valence-electron chi connectivity index (χ2n) is 6.47. The average molecular weight is 463 g/mol. The number of halogens is 2. The van der Waals surface area contributed by atoms with Gasteiger partial charge in [-0.1, -0.05) is 47.5 Å². The molecule has 0 aliphatic carbocycles. The van der Waals surface area contributed by atoms with Crippen LogP contribution in [0.2, 0.25) is 10.0 Å². The van der Waals surface area contributed by atoms with Crippen molar-refractivity contribution in [3.05, 3.63) is 33.3 Å². The van der Waals surface area contributed by atoms with Gasteiger partial charge in [0.2, 0.25) is 21.1 Å². The Kier molecular flexibility index (Phi) is 6.93. The molecule has 3 rings (SSSR count). The molecule has 1 N–H and O–H groups in total. The number of sulfonamides is 1. The number of carbonyl (C=O) groups is 1. The van der Waals surface area contributed by atoms with Crippen molar-refractivity contribution < 1.29 is 13.2 Å². The van der Waals surface area contributed by atoms with Crippen LogP contribution in [0, 0.1) is 5.92 Å². The third-order valence-corrected chi connectivity index (χ3v) is 8.26. The van der Waals surface area contributed by atoms with Crippen molar-refractivity contribution in [1.29, 1.82) is 0 Å². The van der Waals surface area contributed by atoms with Crippen molar-refractivity contribution in [2.75, 3.05) is 18.4 Å². The summed E-state index contributed by atoms with van der Waals surface area (Å²) in [6.07, 6.45) is 2.61. The number of piperidine rings is 1. The Balaban J connectivity index is 1.62. The molecule has 2 heterocycles. The third kappa shape index (κ3) is 4.65. The van der Waals surface area contributed by atoms with Crippen LogP contribution >= 0.6 is 34.5 Å². The van der Waals surface area contributed by atoms with Crippen LogP contribution in [0.15, 0.2) is 23.1 Å². The van der Waals surface area contributed by atoms with Crippen LogP contribution in [0.5, 0.6) is 0 Å². The zero-order chi connectivity index (χ0) is 20.3. The van der Waals surface area contributed by atoms with E-state index in [2.05, 4.69) is 22.4 Å². The SMILES string of the molecule is CCCc1nnc(NC(=O)C2CCN(S(=O)(=O)c3c(Cl)cccc3Cl)CC2)s1. The summed E-state index contributed by atoms with van der Waals surface area (Å²) < 4.78 is 27.1. The van der Waals surface area contributed by atoms with Gasteiger partial charge in [0.25, 0.3) is 0 Å². The number of benzene rings is 1. The zero-order valence-corrected chi connectivity index (χ0v) is 18.3. The van der Waals surface area contributed by atoms with Crippen molar-refractivity contribution in [1.82, 2.24) is 14.5 Å². The van der Waals surface area contributed by atoms with Gasteiger partial charge in [-0.3, -0.25) is 4.79 Å². The monoisotopic (exact) mass is 462 g/mol. The lowest BCUT2D eigenvalue weighted by molar-refractivity contribution is -0.120. The summed E-state index contributed by atoms with van der Waals surface area (Å²) in [6, 6.07) is 4.59. The first-order valence-electron chi connectivity index (χ1n) is 8.90. The summed E-state index contributed by atoms with van der Waals surface area (Å²) in [6.45, 7) is 2.50. The molecule has 0 saturated carbocycles. The predicted molar refractivity (Wildman–Crippen MR) is 110 cm³/mol. The van der Waals surface area contributed by atoms with Gasteiger partial charge < -0.3 is 5.32 Å². The number of amides is 1. The summed E-state index contributed by atoms with van der Waals surface area (Å²) in [7, 11) is -3.82. The Labute approximate surface area is 178 Å². The molecule has 7 nitrogen and oxygen atoms in total. The topological polar surface area (TPSA) is 92.3 Å². The summed E-state index contributed by atoms with van der Waals surface area (Å²) in [5.41, 5.74) is 0. The van der Waals surface area contributed by atoms with Crippen LogP contribution in [0.25, 0.3) is 0 Å². The van der Waals surface area contributed by atoms with Gasteiger partial charge in [-0.25, -0.2) is 8.42 Å². The van der Waals surface area contributed by atoms with Gasteiger partial charge in [-0.05, 0) is 31.4 Å². The Morgan fingerprint density at radius 3 is 2.50 bits per heavy atom. The highest BCUT2D eigenvalue weighted by Crippen LogP contribution is 2.33. The largest absolute Gasteiger partial charge is 0.300 e. The van der Waals surface area contributed by atoms with Crippen LogP contribution in [0.1, 0.15) is 31.2 Å². The second kappa shape index (κ2) is 9.04. The van der Waals surface area contributed by atoms with Crippen molar-refractivity contribution in [3.63, 3.8) is 0 Å². The Bertz CT molecular complexity index is 937. The first-order chi connectivity index (χ1) is 13.3. The molecule has 1 aliphatic heterocycles. The van der Waals surface area contributed by atoms with Crippen LogP contribution in [-0.4, -0.2) is 41.9 Å². The van der Waals surface area contributed by atoms with Crippen LogP contribution < -0.4 is 5.32 Å². The maximum Gasteiger partial charge on any atom is 0.246 e. The van der Waals surface area contributed by atoms with Crippen molar-refractivity contribution >= 4 is 55.6 Å². The molecule has 0 unspecified atom stereocenters. The quantitative estimate of drug-likeness (QED) is 0.703. The summed E-state index contributed by atoms with van der Waals surface area (Å²) in [5.74, 6) is -0.446. The van der Waals surface area contributed by atoms with E-state index < -0.39 is 10.0 Å². The number of aromatic nitrogens is 2. The molecular formula is C17H20Cl2N4O3S2. The van der Waals surface area contributed by atoms with Gasteiger partial charge in [0.15, 0.2) is 0 Å². The highest BCUT2D eigenvalue weighted by molar-refractivity contribution is 7.89. The van der Waals surface area contributed by atoms with E-state index >= 15 is 0 Å². The fourth-order valence-electron chi connectivity index (χ4n) is 3.04. The lowest BCUT2D eigenvalue weighted by atomic mass is 9.97. The minimum atomic E-state index is -3.82. The summed E-state index contributed by atoms with van der Waals surface area (Å²) >= 11 is 13.5. The molecule has 28 heavy (non-hydrogen) atoms. The fraction of sp³-hybridized carbons (Fsp3) is 0.471. The first-order valence-corrected chi connectivity index (χ1v) is 11.9. The molecule has 152 valence electrons. The van der Waals surface area contributed by atoms with Gasteiger partial charge in [-0.2, -0.15) is 4.31 Å². The molecule has 1 amide bonds. The highest BCUT2D eigenvalue weighted by Gasteiger charge is 2.34. The van der Waals surface area contributed by atoms with E-state index in [1.165, 1.54) is 27.8 Å². The molecule has 0 radical (unpaired) electrons. The van der Waals surface area contributed by atoms with Crippen molar-refractivity contribution in [2.45, 2.75) is 37.5 Å². The molecule has 2 aromatic rings. The molecule has 1 saturated heterocycles. The minimum Gasteiger partial charge on any atom is -0.300 e. The molecule has 11 heteroatoms. The lowest BCUT2D eigenvalue weighted by Gasteiger charge is -2.30. The molecule has 0 atom stereocenters. The Hall–Kier alpha value is -1.26. The number of carbonyl (C=O) groups excluding carboxylic acids is 1. The number of hydrogen-bond donors (Lipinski definition) is 1. The van der Waals surface area contributed by atoms with Crippen LogP contribution in [-0.2, 0) is 21.2 Å². The summed E-state index contributed by atoms with van der Waals surface area (Å²) in [4.78, 5) is 12.4. The van der Waals surface area contributed by atoms with Crippen LogP contribution in [0.4, 0.5) is 5.13 Å². The van der Waals surface area contributed by atoms with Crippen LogP contribution in [0.3, 0.4) is 0 Å². The predicted octanol–water partition coefficient (Wildman–Crippen LogP) is 3.84. The van der Waals surface area contributed by atoms with Gasteiger partial charge in [0.05, 0.1) is 10.0 Å². The van der Waals surface area contributed by atoms with E-state index in [-0.39, 0.29) is 39.9 Å². The number of hydrogen-bond acceptors (Lipinski definition) is 6. The molecular weight excluding hydrogens is 443 g/mol.